The molecule has 3 saturated heterocycles. The summed E-state index contributed by atoms with van der Waals surface area (Å²) < 4.78 is 22.9. The molecule has 0 radical (unpaired) electrons. The van der Waals surface area contributed by atoms with E-state index in [1.807, 2.05) is 13.8 Å². The van der Waals surface area contributed by atoms with Gasteiger partial charge in [0.05, 0.1) is 37.6 Å². The van der Waals surface area contributed by atoms with Crippen molar-refractivity contribution in [1.29, 1.82) is 0 Å². The maximum Gasteiger partial charge on any atom is 0.333 e. The molecule has 0 bridgehead atoms. The predicted octanol–water partition coefficient (Wildman–Crippen LogP) is 0.232. The Hall–Kier alpha value is -1.71. The smallest absolute Gasteiger partial charge is 0.333 e. The standard InChI is InChI=1S/C26H44N2O11/c1-17-16-20(30)25(34)26(37-17)36-15-13-27(12-14-35-24-10-7-19(29)18(2)38-24)11-5-3-4-6-23(33)39-28-21(31)8-9-22(28)32/h17-20,24-26,29-30,34H,3-16H2,1-2H3/t17-,18-,19-,20+,24+,25-,26+/m0/s1. The van der Waals surface area contributed by atoms with E-state index in [0.29, 0.717) is 57.0 Å². The molecule has 0 aromatic heterocycles. The molecule has 3 aliphatic rings. The summed E-state index contributed by atoms with van der Waals surface area (Å²) in [4.78, 5) is 42.2. The molecule has 13 nitrogen and oxygen atoms in total. The first-order chi connectivity index (χ1) is 18.6. The number of unbranched alkanes of at least 4 members (excludes halogenated alkanes) is 2. The Morgan fingerprint density at radius 1 is 0.923 bits per heavy atom. The van der Waals surface area contributed by atoms with Gasteiger partial charge in [0.15, 0.2) is 12.6 Å². The zero-order valence-electron chi connectivity index (χ0n) is 22.9. The van der Waals surface area contributed by atoms with E-state index in [1.54, 1.807) is 0 Å². The van der Waals surface area contributed by atoms with Crippen LogP contribution in [0.4, 0.5) is 0 Å². The van der Waals surface area contributed by atoms with Crippen LogP contribution in [-0.4, -0.2) is 119 Å². The van der Waals surface area contributed by atoms with Crippen LogP contribution in [0.1, 0.15) is 71.6 Å². The van der Waals surface area contributed by atoms with Crippen molar-refractivity contribution < 1.29 is 53.5 Å². The number of rotatable bonds is 15. The van der Waals surface area contributed by atoms with Gasteiger partial charge in [0, 0.05) is 45.2 Å². The molecule has 3 rings (SSSR count). The molecular formula is C26H44N2O11. The second-order valence-electron chi connectivity index (χ2n) is 10.5. The van der Waals surface area contributed by atoms with E-state index < -0.39 is 42.4 Å². The van der Waals surface area contributed by atoms with Crippen molar-refractivity contribution in [2.45, 2.75) is 115 Å². The van der Waals surface area contributed by atoms with Crippen LogP contribution in [0.25, 0.3) is 0 Å². The summed E-state index contributed by atoms with van der Waals surface area (Å²) in [5.74, 6) is -1.59. The monoisotopic (exact) mass is 560 g/mol. The molecule has 39 heavy (non-hydrogen) atoms. The van der Waals surface area contributed by atoms with E-state index in [1.165, 1.54) is 0 Å². The van der Waals surface area contributed by atoms with Gasteiger partial charge >= 0.3 is 5.97 Å². The van der Waals surface area contributed by atoms with Gasteiger partial charge in [-0.25, -0.2) is 4.79 Å². The minimum atomic E-state index is -1.11. The molecule has 3 heterocycles. The van der Waals surface area contributed by atoms with Crippen LogP contribution in [0.2, 0.25) is 0 Å². The van der Waals surface area contributed by atoms with Crippen LogP contribution in [0, 0.1) is 0 Å². The van der Waals surface area contributed by atoms with Gasteiger partial charge in [0.1, 0.15) is 6.10 Å². The molecule has 2 amide bonds. The average molecular weight is 561 g/mol. The number of nitrogens with zero attached hydrogens (tertiary/aromatic N) is 2. The lowest BCUT2D eigenvalue weighted by Gasteiger charge is -2.36. The second kappa shape index (κ2) is 15.9. The SMILES string of the molecule is C[C@@H]1O[C@@H](OCCN(CCCCCC(=O)ON2C(=O)CCC2=O)CCO[C@@H]2O[C@@H](C)C[C@@H](O)[C@@H]2O)CC[C@@H]1O. The number of carbonyl (C=O) groups is 3. The number of aliphatic hydroxyl groups excluding tert-OH is 3. The fourth-order valence-corrected chi connectivity index (χ4v) is 4.76. The zero-order valence-corrected chi connectivity index (χ0v) is 22.9. The van der Waals surface area contributed by atoms with Crippen molar-refractivity contribution in [3.8, 4) is 0 Å². The topological polar surface area (TPSA) is 165 Å². The zero-order chi connectivity index (χ0) is 28.4. The lowest BCUT2D eigenvalue weighted by Crippen LogP contribution is -2.49. The first kappa shape index (κ1) is 31.8. The largest absolute Gasteiger partial charge is 0.390 e. The van der Waals surface area contributed by atoms with Gasteiger partial charge < -0.3 is 39.1 Å². The molecule has 0 saturated carbocycles. The van der Waals surface area contributed by atoms with E-state index in [4.69, 9.17) is 23.8 Å². The van der Waals surface area contributed by atoms with Crippen LogP contribution in [0.3, 0.4) is 0 Å². The number of hydrogen-bond donors (Lipinski definition) is 3. The Labute approximate surface area is 229 Å². The first-order valence-electron chi connectivity index (χ1n) is 14.0. The summed E-state index contributed by atoms with van der Waals surface area (Å²) in [7, 11) is 0. The van der Waals surface area contributed by atoms with Crippen molar-refractivity contribution >= 4 is 17.8 Å². The number of hydroxylamine groups is 2. The van der Waals surface area contributed by atoms with Crippen molar-refractivity contribution in [3.05, 3.63) is 0 Å². The van der Waals surface area contributed by atoms with Gasteiger partial charge in [0.25, 0.3) is 11.8 Å². The van der Waals surface area contributed by atoms with E-state index in [9.17, 15) is 29.7 Å². The lowest BCUT2D eigenvalue weighted by molar-refractivity contribution is -0.264. The van der Waals surface area contributed by atoms with Gasteiger partial charge in [-0.1, -0.05) is 6.42 Å². The van der Waals surface area contributed by atoms with Crippen molar-refractivity contribution in [2.75, 3.05) is 32.8 Å². The molecule has 0 aromatic carbocycles. The highest BCUT2D eigenvalue weighted by atomic mass is 16.7. The fraction of sp³-hybridized carbons (Fsp3) is 0.885. The highest BCUT2D eigenvalue weighted by Crippen LogP contribution is 2.22. The van der Waals surface area contributed by atoms with Gasteiger partial charge in [0.2, 0.25) is 0 Å². The number of aliphatic hydroxyl groups is 3. The van der Waals surface area contributed by atoms with E-state index in [-0.39, 0.29) is 44.4 Å². The third-order valence-corrected chi connectivity index (χ3v) is 7.17. The van der Waals surface area contributed by atoms with Crippen LogP contribution in [0.5, 0.6) is 0 Å². The highest BCUT2D eigenvalue weighted by molar-refractivity contribution is 6.01. The quantitative estimate of drug-likeness (QED) is 0.185. The van der Waals surface area contributed by atoms with Gasteiger partial charge in [-0.2, -0.15) is 0 Å². The van der Waals surface area contributed by atoms with E-state index in [2.05, 4.69) is 4.90 Å². The molecular weight excluding hydrogens is 516 g/mol. The highest BCUT2D eigenvalue weighted by Gasteiger charge is 2.36. The van der Waals surface area contributed by atoms with Crippen LogP contribution < -0.4 is 0 Å². The summed E-state index contributed by atoms with van der Waals surface area (Å²) in [6.45, 7) is 6.14. The average Bonchev–Trinajstić information content (AvgIpc) is 3.20. The maximum atomic E-state index is 12.0. The Bertz CT molecular complexity index is 784. The molecule has 3 aliphatic heterocycles. The molecule has 0 aliphatic carbocycles. The van der Waals surface area contributed by atoms with Gasteiger partial charge in [-0.15, -0.1) is 5.06 Å². The lowest BCUT2D eigenvalue weighted by atomic mass is 10.0. The molecule has 3 fully saturated rings. The van der Waals surface area contributed by atoms with Crippen molar-refractivity contribution in [2.24, 2.45) is 0 Å². The number of carbonyl (C=O) groups excluding carboxylic acids is 3. The van der Waals surface area contributed by atoms with Gasteiger partial charge in [-0.3, -0.25) is 14.5 Å². The Morgan fingerprint density at radius 3 is 2.31 bits per heavy atom. The van der Waals surface area contributed by atoms with Crippen LogP contribution >= 0.6 is 0 Å². The second-order valence-corrected chi connectivity index (χ2v) is 10.5. The van der Waals surface area contributed by atoms with Crippen LogP contribution in [0.15, 0.2) is 0 Å². The summed E-state index contributed by atoms with van der Waals surface area (Å²) in [5, 5.41) is 30.5. The van der Waals surface area contributed by atoms with Crippen molar-refractivity contribution in [1.82, 2.24) is 9.96 Å². The normalized spacial score (nSPS) is 31.7. The third-order valence-electron chi connectivity index (χ3n) is 7.17. The molecule has 0 unspecified atom stereocenters. The maximum absolute atomic E-state index is 12.0. The van der Waals surface area contributed by atoms with E-state index in [0.717, 1.165) is 12.8 Å². The summed E-state index contributed by atoms with van der Waals surface area (Å²) in [6, 6.07) is 0. The van der Waals surface area contributed by atoms with E-state index >= 15 is 0 Å². The molecule has 3 N–H and O–H groups in total. The first-order valence-corrected chi connectivity index (χ1v) is 14.0. The third kappa shape index (κ3) is 10.3. The Morgan fingerprint density at radius 2 is 1.62 bits per heavy atom. The molecule has 13 heteroatoms. The minimum Gasteiger partial charge on any atom is -0.390 e. The predicted molar refractivity (Wildman–Crippen MR) is 135 cm³/mol. The molecule has 0 spiro atoms. The summed E-state index contributed by atoms with van der Waals surface area (Å²) in [5.41, 5.74) is 0. The van der Waals surface area contributed by atoms with Crippen LogP contribution in [-0.2, 0) is 38.2 Å². The van der Waals surface area contributed by atoms with Gasteiger partial charge in [-0.05, 0) is 39.7 Å². The summed E-state index contributed by atoms with van der Waals surface area (Å²) >= 11 is 0. The minimum absolute atomic E-state index is 0.0642. The van der Waals surface area contributed by atoms with Crippen molar-refractivity contribution in [3.63, 3.8) is 0 Å². The number of hydrogen-bond acceptors (Lipinski definition) is 12. The number of ether oxygens (including phenoxy) is 4. The molecule has 224 valence electrons. The molecule has 0 aromatic rings. The number of amides is 2. The summed E-state index contributed by atoms with van der Waals surface area (Å²) in [6.07, 6.45) is -0.371. The number of imide groups is 1. The Balaban J connectivity index is 1.38. The fourth-order valence-electron chi connectivity index (χ4n) is 4.76. The Kier molecular flexibility index (Phi) is 13.0. The molecule has 7 atom stereocenters.